The fourth-order valence-electron chi connectivity index (χ4n) is 1.85. The van der Waals surface area contributed by atoms with Crippen molar-refractivity contribution in [2.45, 2.75) is 19.9 Å². The molecule has 2 N–H and O–H groups in total. The number of nitrogens with zero attached hydrogens (tertiary/aromatic N) is 4. The van der Waals surface area contributed by atoms with Crippen LogP contribution in [0, 0.1) is 0 Å². The third kappa shape index (κ3) is 4.80. The molecule has 0 atom stereocenters. The van der Waals surface area contributed by atoms with Gasteiger partial charge in [-0.3, -0.25) is 9.59 Å². The first-order valence-corrected chi connectivity index (χ1v) is 7.25. The van der Waals surface area contributed by atoms with E-state index < -0.39 is 0 Å². The highest BCUT2D eigenvalue weighted by atomic mass is 16.2. The van der Waals surface area contributed by atoms with Gasteiger partial charge in [0, 0.05) is 31.9 Å². The van der Waals surface area contributed by atoms with Crippen LogP contribution in [0.15, 0.2) is 30.5 Å². The summed E-state index contributed by atoms with van der Waals surface area (Å²) in [6.07, 6.45) is 1.87. The van der Waals surface area contributed by atoms with Crippen LogP contribution < -0.4 is 15.5 Å². The third-order valence-electron chi connectivity index (χ3n) is 3.10. The average Bonchev–Trinajstić information content (AvgIpc) is 2.94. The Kier molecular flexibility index (Phi) is 5.29. The molecule has 0 aliphatic heterocycles. The smallest absolute Gasteiger partial charge is 0.246 e. The topological polar surface area (TPSA) is 92.2 Å². The summed E-state index contributed by atoms with van der Waals surface area (Å²) in [7, 11) is 3.90. The Morgan fingerprint density at radius 3 is 2.43 bits per heavy atom. The Morgan fingerprint density at radius 2 is 1.83 bits per heavy atom. The quantitative estimate of drug-likeness (QED) is 0.839. The maximum Gasteiger partial charge on any atom is 0.246 e. The Bertz CT molecular complexity index is 678. The summed E-state index contributed by atoms with van der Waals surface area (Å²) in [5.74, 6) is -0.0386. The van der Waals surface area contributed by atoms with Crippen molar-refractivity contribution in [3.63, 3.8) is 0 Å². The van der Waals surface area contributed by atoms with Crippen molar-refractivity contribution in [2.75, 3.05) is 29.6 Å². The molecular weight excluding hydrogens is 296 g/mol. The Labute approximate surface area is 134 Å². The van der Waals surface area contributed by atoms with Crippen LogP contribution in [0.1, 0.15) is 13.3 Å². The van der Waals surface area contributed by atoms with Gasteiger partial charge in [-0.15, -0.1) is 5.10 Å². The molecule has 23 heavy (non-hydrogen) atoms. The van der Waals surface area contributed by atoms with Gasteiger partial charge in [0.05, 0.1) is 6.20 Å². The van der Waals surface area contributed by atoms with Gasteiger partial charge in [0.1, 0.15) is 6.54 Å². The van der Waals surface area contributed by atoms with E-state index in [1.54, 1.807) is 6.92 Å². The van der Waals surface area contributed by atoms with Gasteiger partial charge in [-0.05, 0) is 24.3 Å². The molecule has 0 saturated heterocycles. The van der Waals surface area contributed by atoms with Gasteiger partial charge < -0.3 is 15.5 Å². The van der Waals surface area contributed by atoms with E-state index in [-0.39, 0.29) is 18.4 Å². The van der Waals surface area contributed by atoms with Gasteiger partial charge in [0.2, 0.25) is 11.8 Å². The van der Waals surface area contributed by atoms with E-state index in [2.05, 4.69) is 20.9 Å². The number of rotatable bonds is 6. The van der Waals surface area contributed by atoms with Crippen molar-refractivity contribution in [3.05, 3.63) is 30.5 Å². The van der Waals surface area contributed by atoms with Gasteiger partial charge in [0.15, 0.2) is 5.82 Å². The zero-order chi connectivity index (χ0) is 16.8. The van der Waals surface area contributed by atoms with Gasteiger partial charge in [0.25, 0.3) is 0 Å². The number of carbonyl (C=O) groups excluding carboxylic acids is 2. The average molecular weight is 316 g/mol. The molecule has 122 valence electrons. The van der Waals surface area contributed by atoms with Crippen LogP contribution in [0.2, 0.25) is 0 Å². The molecule has 8 nitrogen and oxygen atoms in total. The SMILES string of the molecule is CCC(=O)Nc1cn(CC(=O)Nc2ccc(N(C)C)cc2)nn1. The predicted octanol–water partition coefficient (Wildman–Crippen LogP) is 1.33. The van der Waals surface area contributed by atoms with Crippen LogP contribution >= 0.6 is 0 Å². The number of nitrogens with one attached hydrogen (secondary N) is 2. The second-order valence-electron chi connectivity index (χ2n) is 5.19. The summed E-state index contributed by atoms with van der Waals surface area (Å²) < 4.78 is 1.37. The maximum absolute atomic E-state index is 12.0. The molecule has 1 aromatic heterocycles. The number of benzene rings is 1. The van der Waals surface area contributed by atoms with E-state index in [1.807, 2.05) is 43.3 Å². The van der Waals surface area contributed by atoms with E-state index in [4.69, 9.17) is 0 Å². The minimum Gasteiger partial charge on any atom is -0.378 e. The van der Waals surface area contributed by atoms with Crippen molar-refractivity contribution < 1.29 is 9.59 Å². The van der Waals surface area contributed by atoms with Crippen LogP contribution in [0.5, 0.6) is 0 Å². The van der Waals surface area contributed by atoms with Crippen molar-refractivity contribution in [2.24, 2.45) is 0 Å². The number of anilines is 3. The molecule has 0 aliphatic carbocycles. The maximum atomic E-state index is 12.0. The molecule has 0 aliphatic rings. The van der Waals surface area contributed by atoms with Crippen LogP contribution in [-0.4, -0.2) is 40.9 Å². The van der Waals surface area contributed by atoms with Crippen LogP contribution in [0.25, 0.3) is 0 Å². The summed E-state index contributed by atoms with van der Waals surface area (Å²) in [5.41, 5.74) is 1.76. The first-order valence-electron chi connectivity index (χ1n) is 7.25. The Hall–Kier alpha value is -2.90. The van der Waals surface area contributed by atoms with E-state index in [9.17, 15) is 9.59 Å². The standard InChI is InChI=1S/C15H20N6O2/c1-4-14(22)17-13-9-21(19-18-13)10-15(23)16-11-5-7-12(8-6-11)20(2)3/h5-9H,4,10H2,1-3H3,(H,16,23)(H,17,22). The number of hydrogen-bond donors (Lipinski definition) is 2. The lowest BCUT2D eigenvalue weighted by molar-refractivity contribution is -0.117. The highest BCUT2D eigenvalue weighted by Gasteiger charge is 2.08. The lowest BCUT2D eigenvalue weighted by Gasteiger charge is -2.13. The molecule has 2 rings (SSSR count). The summed E-state index contributed by atoms with van der Waals surface area (Å²) in [4.78, 5) is 25.2. The summed E-state index contributed by atoms with van der Waals surface area (Å²) in [6.45, 7) is 1.76. The molecule has 2 amide bonds. The normalized spacial score (nSPS) is 10.2. The van der Waals surface area contributed by atoms with Gasteiger partial charge >= 0.3 is 0 Å². The first-order chi connectivity index (χ1) is 11.0. The molecule has 0 unspecified atom stereocenters. The summed E-state index contributed by atoms with van der Waals surface area (Å²) in [5, 5.41) is 13.0. The predicted molar refractivity (Wildman–Crippen MR) is 88.3 cm³/mol. The van der Waals surface area contributed by atoms with Crippen LogP contribution in [-0.2, 0) is 16.1 Å². The number of amides is 2. The molecular formula is C15H20N6O2. The molecule has 0 fully saturated rings. The van der Waals surface area contributed by atoms with Crippen molar-refractivity contribution in [1.82, 2.24) is 15.0 Å². The zero-order valence-electron chi connectivity index (χ0n) is 13.4. The molecule has 0 radical (unpaired) electrons. The van der Waals surface area contributed by atoms with E-state index in [0.717, 1.165) is 5.69 Å². The largest absolute Gasteiger partial charge is 0.378 e. The van der Waals surface area contributed by atoms with Crippen molar-refractivity contribution >= 4 is 29.0 Å². The Morgan fingerprint density at radius 1 is 1.13 bits per heavy atom. The van der Waals surface area contributed by atoms with E-state index >= 15 is 0 Å². The number of aromatic nitrogens is 3. The summed E-state index contributed by atoms with van der Waals surface area (Å²) in [6, 6.07) is 7.51. The number of hydrogen-bond acceptors (Lipinski definition) is 5. The van der Waals surface area contributed by atoms with E-state index in [1.165, 1.54) is 10.9 Å². The Balaban J connectivity index is 1.90. The highest BCUT2D eigenvalue weighted by molar-refractivity contribution is 5.91. The molecule has 0 spiro atoms. The van der Waals surface area contributed by atoms with Gasteiger partial charge in [-0.2, -0.15) is 0 Å². The molecule has 1 aromatic carbocycles. The van der Waals surface area contributed by atoms with Crippen molar-refractivity contribution in [1.29, 1.82) is 0 Å². The molecule has 0 bridgehead atoms. The fourth-order valence-corrected chi connectivity index (χ4v) is 1.85. The minimum absolute atomic E-state index is 0.0183. The minimum atomic E-state index is -0.221. The third-order valence-corrected chi connectivity index (χ3v) is 3.10. The zero-order valence-corrected chi connectivity index (χ0v) is 13.4. The lowest BCUT2D eigenvalue weighted by Crippen LogP contribution is -2.19. The fraction of sp³-hybridized carbons (Fsp3) is 0.333. The second-order valence-corrected chi connectivity index (χ2v) is 5.19. The highest BCUT2D eigenvalue weighted by Crippen LogP contribution is 2.15. The first kappa shape index (κ1) is 16.5. The molecule has 1 heterocycles. The molecule has 8 heteroatoms. The number of carbonyl (C=O) groups is 2. The second kappa shape index (κ2) is 7.39. The lowest BCUT2D eigenvalue weighted by atomic mass is 10.2. The van der Waals surface area contributed by atoms with Gasteiger partial charge in [-0.1, -0.05) is 12.1 Å². The van der Waals surface area contributed by atoms with Crippen molar-refractivity contribution in [3.8, 4) is 0 Å². The van der Waals surface area contributed by atoms with E-state index in [0.29, 0.717) is 17.9 Å². The van der Waals surface area contributed by atoms with Crippen LogP contribution in [0.3, 0.4) is 0 Å². The van der Waals surface area contributed by atoms with Gasteiger partial charge in [-0.25, -0.2) is 4.68 Å². The van der Waals surface area contributed by atoms with Crippen LogP contribution in [0.4, 0.5) is 17.2 Å². The monoisotopic (exact) mass is 316 g/mol. The molecule has 2 aromatic rings. The molecule has 0 saturated carbocycles. The summed E-state index contributed by atoms with van der Waals surface area (Å²) >= 11 is 0.